The minimum atomic E-state index is -0.785. The molecule has 1 rings (SSSR count). The van der Waals surface area contributed by atoms with Crippen LogP contribution in [0.15, 0.2) is 11.0 Å². The molecule has 0 fully saturated rings. The Bertz CT molecular complexity index is 421. The van der Waals surface area contributed by atoms with Crippen LogP contribution in [0, 0.1) is 5.82 Å². The molecule has 1 aromatic heterocycles. The highest BCUT2D eigenvalue weighted by Crippen LogP contribution is 2.10. The molecule has 2 unspecified atom stereocenters. The molecule has 0 aliphatic carbocycles. The second-order valence-electron chi connectivity index (χ2n) is 3.39. The fourth-order valence-electron chi connectivity index (χ4n) is 1.16. The van der Waals surface area contributed by atoms with Gasteiger partial charge in [0.1, 0.15) is 6.23 Å². The Morgan fingerprint density at radius 1 is 1.69 bits per heavy atom. The molecular weight excluding hydrogens is 217 g/mol. The monoisotopic (exact) mass is 231 g/mol. The zero-order valence-electron chi connectivity index (χ0n) is 9.05. The number of rotatable bonds is 4. The SMILES string of the molecule is CC(CO)OC(C)n1cc(F)c(N)nc1=O. The summed E-state index contributed by atoms with van der Waals surface area (Å²) in [5, 5.41) is 8.78. The van der Waals surface area contributed by atoms with E-state index in [2.05, 4.69) is 4.98 Å². The topological polar surface area (TPSA) is 90.4 Å². The number of nitrogens with two attached hydrogens (primary N) is 1. The third kappa shape index (κ3) is 2.77. The van der Waals surface area contributed by atoms with Crippen LogP contribution in [-0.4, -0.2) is 27.4 Å². The lowest BCUT2D eigenvalue weighted by molar-refractivity contribution is -0.0583. The zero-order valence-corrected chi connectivity index (χ0v) is 9.05. The van der Waals surface area contributed by atoms with Gasteiger partial charge in [-0.3, -0.25) is 4.57 Å². The predicted octanol–water partition coefficient (Wildman–Crippen LogP) is -0.120. The van der Waals surface area contributed by atoms with Crippen molar-refractivity contribution in [2.24, 2.45) is 0 Å². The second-order valence-corrected chi connectivity index (χ2v) is 3.39. The molecule has 0 saturated carbocycles. The van der Waals surface area contributed by atoms with E-state index in [1.165, 1.54) is 0 Å². The molecular formula is C9H14FN3O3. The Morgan fingerprint density at radius 2 is 2.31 bits per heavy atom. The van der Waals surface area contributed by atoms with E-state index in [-0.39, 0.29) is 6.61 Å². The Balaban J connectivity index is 2.95. The summed E-state index contributed by atoms with van der Waals surface area (Å²) in [4.78, 5) is 14.7. The molecule has 0 radical (unpaired) electrons. The highest BCUT2D eigenvalue weighted by atomic mass is 19.1. The van der Waals surface area contributed by atoms with E-state index in [1.54, 1.807) is 13.8 Å². The van der Waals surface area contributed by atoms with Gasteiger partial charge in [0.2, 0.25) is 0 Å². The zero-order chi connectivity index (χ0) is 12.3. The predicted molar refractivity (Wildman–Crippen MR) is 55.2 cm³/mol. The van der Waals surface area contributed by atoms with Crippen molar-refractivity contribution in [2.45, 2.75) is 26.2 Å². The maximum Gasteiger partial charge on any atom is 0.351 e. The molecule has 1 aromatic rings. The second kappa shape index (κ2) is 5.04. The van der Waals surface area contributed by atoms with E-state index in [1.807, 2.05) is 0 Å². The van der Waals surface area contributed by atoms with Gasteiger partial charge in [-0.1, -0.05) is 0 Å². The molecule has 3 N–H and O–H groups in total. The molecule has 1 heterocycles. The first-order valence-electron chi connectivity index (χ1n) is 4.76. The molecule has 0 aromatic carbocycles. The highest BCUT2D eigenvalue weighted by Gasteiger charge is 2.13. The van der Waals surface area contributed by atoms with E-state index in [0.29, 0.717) is 0 Å². The van der Waals surface area contributed by atoms with Crippen molar-refractivity contribution in [3.8, 4) is 0 Å². The van der Waals surface area contributed by atoms with Crippen molar-refractivity contribution in [2.75, 3.05) is 12.3 Å². The third-order valence-corrected chi connectivity index (χ3v) is 2.01. The van der Waals surface area contributed by atoms with E-state index in [9.17, 15) is 9.18 Å². The molecule has 0 aliphatic heterocycles. The van der Waals surface area contributed by atoms with Gasteiger partial charge in [-0.25, -0.2) is 9.18 Å². The molecule has 0 saturated heterocycles. The molecule has 0 amide bonds. The maximum absolute atomic E-state index is 13.1. The fourth-order valence-corrected chi connectivity index (χ4v) is 1.16. The number of ether oxygens (including phenoxy) is 1. The van der Waals surface area contributed by atoms with Crippen LogP contribution >= 0.6 is 0 Å². The average Bonchev–Trinajstić information content (AvgIpc) is 2.23. The van der Waals surface area contributed by atoms with E-state index >= 15 is 0 Å². The Hall–Kier alpha value is -1.47. The Labute approximate surface area is 91.5 Å². The minimum absolute atomic E-state index is 0.191. The van der Waals surface area contributed by atoms with Crippen molar-refractivity contribution in [3.63, 3.8) is 0 Å². The van der Waals surface area contributed by atoms with Crippen LogP contribution in [0.25, 0.3) is 0 Å². The molecule has 0 aliphatic rings. The molecule has 2 atom stereocenters. The van der Waals surface area contributed by atoms with Crippen LogP contribution in [0.1, 0.15) is 20.1 Å². The van der Waals surface area contributed by atoms with Crippen LogP contribution in [0.3, 0.4) is 0 Å². The van der Waals surface area contributed by atoms with Crippen molar-refractivity contribution in [3.05, 3.63) is 22.5 Å². The van der Waals surface area contributed by atoms with Gasteiger partial charge in [-0.15, -0.1) is 0 Å². The lowest BCUT2D eigenvalue weighted by Crippen LogP contribution is -2.30. The smallest absolute Gasteiger partial charge is 0.351 e. The summed E-state index contributed by atoms with van der Waals surface area (Å²) >= 11 is 0. The quantitative estimate of drug-likeness (QED) is 0.754. The van der Waals surface area contributed by atoms with Gasteiger partial charge in [0, 0.05) is 0 Å². The minimum Gasteiger partial charge on any atom is -0.394 e. The molecule has 90 valence electrons. The summed E-state index contributed by atoms with van der Waals surface area (Å²) in [6, 6.07) is 0. The van der Waals surface area contributed by atoms with E-state index in [4.69, 9.17) is 15.6 Å². The lowest BCUT2D eigenvalue weighted by Gasteiger charge is -2.19. The Morgan fingerprint density at radius 3 is 2.88 bits per heavy atom. The van der Waals surface area contributed by atoms with Crippen molar-refractivity contribution >= 4 is 5.82 Å². The standard InChI is InChI=1S/C9H14FN3O3/c1-5(4-14)16-6(2)13-3-7(10)8(11)12-9(13)15/h3,5-6,14H,4H2,1-2H3,(H2,11,12,15). The largest absolute Gasteiger partial charge is 0.394 e. The first kappa shape index (κ1) is 12.6. The number of aromatic nitrogens is 2. The van der Waals surface area contributed by atoms with Gasteiger partial charge < -0.3 is 15.6 Å². The van der Waals surface area contributed by atoms with E-state index < -0.39 is 29.7 Å². The number of hydrogen-bond donors (Lipinski definition) is 2. The van der Waals surface area contributed by atoms with Gasteiger partial charge >= 0.3 is 5.69 Å². The van der Waals surface area contributed by atoms with Gasteiger partial charge in [-0.05, 0) is 13.8 Å². The molecule has 7 heteroatoms. The van der Waals surface area contributed by atoms with Crippen LogP contribution in [-0.2, 0) is 4.74 Å². The lowest BCUT2D eigenvalue weighted by atomic mass is 10.4. The van der Waals surface area contributed by atoms with Crippen LogP contribution < -0.4 is 11.4 Å². The summed E-state index contributed by atoms with van der Waals surface area (Å²) in [5.41, 5.74) is 4.44. The van der Waals surface area contributed by atoms with Crippen molar-refractivity contribution < 1.29 is 14.2 Å². The van der Waals surface area contributed by atoms with E-state index in [0.717, 1.165) is 10.8 Å². The molecule has 6 nitrogen and oxygen atoms in total. The van der Waals surface area contributed by atoms with Crippen LogP contribution in [0.4, 0.5) is 10.2 Å². The van der Waals surface area contributed by atoms with Gasteiger partial charge in [0.05, 0.1) is 18.9 Å². The number of halogens is 1. The summed E-state index contributed by atoms with van der Waals surface area (Å²) in [6.07, 6.45) is -0.251. The number of aliphatic hydroxyl groups excluding tert-OH is 1. The maximum atomic E-state index is 13.1. The first-order chi connectivity index (χ1) is 7.45. The summed E-state index contributed by atoms with van der Waals surface area (Å²) in [7, 11) is 0. The summed E-state index contributed by atoms with van der Waals surface area (Å²) < 4.78 is 19.3. The number of hydrogen-bond acceptors (Lipinski definition) is 5. The highest BCUT2D eigenvalue weighted by molar-refractivity contribution is 5.26. The van der Waals surface area contributed by atoms with Gasteiger partial charge in [0.15, 0.2) is 11.6 Å². The van der Waals surface area contributed by atoms with Crippen molar-refractivity contribution in [1.82, 2.24) is 9.55 Å². The number of nitrogens with zero attached hydrogens (tertiary/aromatic N) is 2. The van der Waals surface area contributed by atoms with Crippen molar-refractivity contribution in [1.29, 1.82) is 0 Å². The number of anilines is 1. The van der Waals surface area contributed by atoms with Gasteiger partial charge in [-0.2, -0.15) is 4.98 Å². The fraction of sp³-hybridized carbons (Fsp3) is 0.556. The van der Waals surface area contributed by atoms with Gasteiger partial charge in [0.25, 0.3) is 0 Å². The van der Waals surface area contributed by atoms with Crippen LogP contribution in [0.5, 0.6) is 0 Å². The first-order valence-corrected chi connectivity index (χ1v) is 4.76. The number of aliphatic hydroxyl groups is 1. The molecule has 0 bridgehead atoms. The average molecular weight is 231 g/mol. The molecule has 16 heavy (non-hydrogen) atoms. The number of nitrogen functional groups attached to an aromatic ring is 1. The van der Waals surface area contributed by atoms with Crippen LogP contribution in [0.2, 0.25) is 0 Å². The summed E-state index contributed by atoms with van der Waals surface area (Å²) in [6.45, 7) is 2.98. The summed E-state index contributed by atoms with van der Waals surface area (Å²) in [5.74, 6) is -1.23. The third-order valence-electron chi connectivity index (χ3n) is 2.01. The molecule has 0 spiro atoms. The Kier molecular flexibility index (Phi) is 3.97. The normalized spacial score (nSPS) is 14.8.